The van der Waals surface area contributed by atoms with Gasteiger partial charge in [-0.15, -0.1) is 11.3 Å². The summed E-state index contributed by atoms with van der Waals surface area (Å²) in [6.07, 6.45) is -3.01. The number of hydrogen-bond acceptors (Lipinski definition) is 8. The molecule has 4 N–H and O–H groups in total. The van der Waals surface area contributed by atoms with Crippen LogP contribution in [0.25, 0.3) is 20.8 Å². The van der Waals surface area contributed by atoms with E-state index in [2.05, 4.69) is 30.9 Å². The van der Waals surface area contributed by atoms with Crippen molar-refractivity contribution in [1.29, 1.82) is 0 Å². The second-order valence-electron chi connectivity index (χ2n) is 7.13. The number of benzene rings is 1. The predicted molar refractivity (Wildman–Crippen MR) is 111 cm³/mol. The molecule has 4 rings (SSSR count). The molecule has 2 unspecified atom stereocenters. The SMILES string of the molecule is Cc1nc(NCC(F)(F)F)nc(NC2CCC(CO)N2)c1-c1nc2ccccc2s1. The topological polar surface area (TPSA) is 95.0 Å². The molecule has 2 aromatic heterocycles. The quantitative estimate of drug-likeness (QED) is 0.468. The number of thiazole rings is 1. The van der Waals surface area contributed by atoms with Crippen LogP contribution in [0, 0.1) is 6.92 Å². The third kappa shape index (κ3) is 4.63. The molecule has 160 valence electrons. The van der Waals surface area contributed by atoms with Crippen molar-refractivity contribution in [2.75, 3.05) is 23.8 Å². The highest BCUT2D eigenvalue weighted by Crippen LogP contribution is 2.36. The lowest BCUT2D eigenvalue weighted by Crippen LogP contribution is -2.37. The van der Waals surface area contributed by atoms with E-state index in [1.165, 1.54) is 11.3 Å². The van der Waals surface area contributed by atoms with Crippen LogP contribution in [0.2, 0.25) is 0 Å². The van der Waals surface area contributed by atoms with Crippen LogP contribution in [-0.4, -0.2) is 51.6 Å². The van der Waals surface area contributed by atoms with Crippen LogP contribution in [0.1, 0.15) is 18.5 Å². The van der Waals surface area contributed by atoms with Crippen molar-refractivity contribution in [3.05, 3.63) is 30.0 Å². The van der Waals surface area contributed by atoms with Gasteiger partial charge in [-0.2, -0.15) is 18.2 Å². The van der Waals surface area contributed by atoms with Gasteiger partial charge in [-0.05, 0) is 31.9 Å². The summed E-state index contributed by atoms with van der Waals surface area (Å²) >= 11 is 1.47. The number of hydrogen-bond donors (Lipinski definition) is 4. The van der Waals surface area contributed by atoms with Gasteiger partial charge in [-0.1, -0.05) is 12.1 Å². The zero-order chi connectivity index (χ0) is 21.3. The van der Waals surface area contributed by atoms with Crippen molar-refractivity contribution in [3.8, 4) is 10.6 Å². The molecule has 0 saturated carbocycles. The maximum absolute atomic E-state index is 12.6. The lowest BCUT2D eigenvalue weighted by molar-refractivity contribution is -0.115. The number of fused-ring (bicyclic) bond motifs is 1. The fourth-order valence-corrected chi connectivity index (χ4v) is 4.48. The molecule has 11 heteroatoms. The molecule has 1 aromatic carbocycles. The number of rotatable bonds is 6. The first-order valence-electron chi connectivity index (χ1n) is 9.51. The molecule has 3 aromatic rings. The minimum Gasteiger partial charge on any atom is -0.395 e. The fraction of sp³-hybridized carbons (Fsp3) is 0.421. The summed E-state index contributed by atoms with van der Waals surface area (Å²) in [6.45, 7) is 0.524. The maximum atomic E-state index is 12.6. The Bertz CT molecular complexity index is 1010. The van der Waals surface area contributed by atoms with Crippen LogP contribution in [-0.2, 0) is 0 Å². The molecular weight excluding hydrogens is 417 g/mol. The van der Waals surface area contributed by atoms with Gasteiger partial charge in [0.15, 0.2) is 0 Å². The number of halogens is 3. The van der Waals surface area contributed by atoms with Gasteiger partial charge >= 0.3 is 6.18 Å². The van der Waals surface area contributed by atoms with Crippen LogP contribution in [0.4, 0.5) is 24.9 Å². The average molecular weight is 438 g/mol. The number of aliphatic hydroxyl groups excluding tert-OH is 1. The van der Waals surface area contributed by atoms with Gasteiger partial charge in [0.25, 0.3) is 0 Å². The second-order valence-corrected chi connectivity index (χ2v) is 8.16. The van der Waals surface area contributed by atoms with E-state index < -0.39 is 12.7 Å². The van der Waals surface area contributed by atoms with Gasteiger partial charge in [-0.25, -0.2) is 9.97 Å². The van der Waals surface area contributed by atoms with Crippen molar-refractivity contribution < 1.29 is 18.3 Å². The van der Waals surface area contributed by atoms with Gasteiger partial charge in [-0.3, -0.25) is 5.32 Å². The number of anilines is 2. The lowest BCUT2D eigenvalue weighted by atomic mass is 10.2. The average Bonchev–Trinajstić information content (AvgIpc) is 3.32. The van der Waals surface area contributed by atoms with Gasteiger partial charge in [0.1, 0.15) is 17.4 Å². The summed E-state index contributed by atoms with van der Waals surface area (Å²) in [5.74, 6) is 0.302. The van der Waals surface area contributed by atoms with Gasteiger partial charge in [0, 0.05) is 6.04 Å². The number of aromatic nitrogens is 3. The number of nitrogens with zero attached hydrogens (tertiary/aromatic N) is 3. The third-order valence-corrected chi connectivity index (χ3v) is 5.87. The Morgan fingerprint density at radius 1 is 1.20 bits per heavy atom. The van der Waals surface area contributed by atoms with Crippen LogP contribution in [0.5, 0.6) is 0 Å². The number of nitrogens with one attached hydrogen (secondary N) is 3. The Kier molecular flexibility index (Phi) is 5.76. The molecular formula is C19H21F3N6OS. The number of aryl methyl sites for hydroxylation is 1. The molecule has 0 spiro atoms. The first-order valence-corrected chi connectivity index (χ1v) is 10.3. The largest absolute Gasteiger partial charge is 0.405 e. The van der Waals surface area contributed by atoms with Gasteiger partial charge in [0.05, 0.1) is 34.2 Å². The van der Waals surface area contributed by atoms with Crippen LogP contribution in [0.3, 0.4) is 0 Å². The predicted octanol–water partition coefficient (Wildman–Crippen LogP) is 3.52. The Morgan fingerprint density at radius 2 is 2.00 bits per heavy atom. The molecule has 1 fully saturated rings. The normalized spacial score (nSPS) is 19.4. The van der Waals surface area contributed by atoms with Gasteiger partial charge in [0.2, 0.25) is 5.95 Å². The van der Waals surface area contributed by atoms with E-state index in [9.17, 15) is 18.3 Å². The van der Waals surface area contributed by atoms with E-state index in [4.69, 9.17) is 0 Å². The molecule has 7 nitrogen and oxygen atoms in total. The highest BCUT2D eigenvalue weighted by Gasteiger charge is 2.29. The highest BCUT2D eigenvalue weighted by molar-refractivity contribution is 7.21. The maximum Gasteiger partial charge on any atom is 0.405 e. The second kappa shape index (κ2) is 8.32. The Labute approximate surface area is 174 Å². The van der Waals surface area contributed by atoms with E-state index >= 15 is 0 Å². The summed E-state index contributed by atoms with van der Waals surface area (Å²) < 4.78 is 38.9. The zero-order valence-corrected chi connectivity index (χ0v) is 16.9. The number of aliphatic hydroxyl groups is 1. The van der Waals surface area contributed by atoms with E-state index in [1.54, 1.807) is 6.92 Å². The summed E-state index contributed by atoms with van der Waals surface area (Å²) in [5, 5.41) is 18.8. The van der Waals surface area contributed by atoms with Crippen LogP contribution >= 0.6 is 11.3 Å². The molecule has 30 heavy (non-hydrogen) atoms. The van der Waals surface area contributed by atoms with E-state index in [0.717, 1.165) is 23.1 Å². The van der Waals surface area contributed by atoms with Gasteiger partial charge < -0.3 is 15.7 Å². The first-order chi connectivity index (χ1) is 14.3. The highest BCUT2D eigenvalue weighted by atomic mass is 32.1. The molecule has 0 radical (unpaired) electrons. The van der Waals surface area contributed by atoms with E-state index in [-0.39, 0.29) is 24.8 Å². The molecule has 0 amide bonds. The molecule has 1 saturated heterocycles. The zero-order valence-electron chi connectivity index (χ0n) is 16.1. The minimum absolute atomic E-state index is 0.0180. The molecule has 3 heterocycles. The standard InChI is InChI=1S/C19H21F3N6OS/c1-10-15(17-26-12-4-2-3-5-13(12)30-17)16(27-14-7-6-11(8-29)25-14)28-18(24-10)23-9-19(20,21)22/h2-5,11,14,25,29H,6-9H2,1H3,(H2,23,24,27,28). The van der Waals surface area contributed by atoms with Crippen molar-refractivity contribution in [3.63, 3.8) is 0 Å². The van der Waals surface area contributed by atoms with Crippen molar-refractivity contribution in [2.24, 2.45) is 0 Å². The molecule has 2 atom stereocenters. The Balaban J connectivity index is 1.71. The first kappa shape index (κ1) is 20.8. The minimum atomic E-state index is -4.38. The fourth-order valence-electron chi connectivity index (χ4n) is 3.41. The van der Waals surface area contributed by atoms with E-state index in [1.807, 2.05) is 24.3 Å². The monoisotopic (exact) mass is 438 g/mol. The Morgan fingerprint density at radius 3 is 2.70 bits per heavy atom. The summed E-state index contributed by atoms with van der Waals surface area (Å²) in [7, 11) is 0. The van der Waals surface area contributed by atoms with E-state index in [0.29, 0.717) is 22.1 Å². The van der Waals surface area contributed by atoms with Crippen molar-refractivity contribution in [1.82, 2.24) is 20.3 Å². The number of para-hydroxylation sites is 1. The van der Waals surface area contributed by atoms with Crippen molar-refractivity contribution >= 4 is 33.3 Å². The molecule has 0 bridgehead atoms. The third-order valence-electron chi connectivity index (χ3n) is 4.82. The summed E-state index contributed by atoms with van der Waals surface area (Å²) in [4.78, 5) is 13.2. The molecule has 1 aliphatic rings. The summed E-state index contributed by atoms with van der Waals surface area (Å²) in [5.41, 5.74) is 2.01. The van der Waals surface area contributed by atoms with Crippen LogP contribution < -0.4 is 16.0 Å². The smallest absolute Gasteiger partial charge is 0.395 e. The Hall–Kier alpha value is -2.50. The number of alkyl halides is 3. The lowest BCUT2D eigenvalue weighted by Gasteiger charge is -2.19. The molecule has 1 aliphatic heterocycles. The van der Waals surface area contributed by atoms with Crippen molar-refractivity contribution in [2.45, 2.75) is 38.1 Å². The summed E-state index contributed by atoms with van der Waals surface area (Å²) in [6, 6.07) is 7.66. The molecule has 0 aliphatic carbocycles. The van der Waals surface area contributed by atoms with Crippen LogP contribution in [0.15, 0.2) is 24.3 Å².